The zero-order chi connectivity index (χ0) is 14.8. The molecule has 5 N–H and O–H groups in total. The number of amides is 3. The molecule has 108 valence electrons. The number of rotatable bonds is 6. The van der Waals surface area contributed by atoms with Crippen LogP contribution in [0.3, 0.4) is 0 Å². The molecule has 0 radical (unpaired) electrons. The van der Waals surface area contributed by atoms with Crippen molar-refractivity contribution in [3.63, 3.8) is 0 Å². The van der Waals surface area contributed by atoms with E-state index in [1.807, 2.05) is 5.43 Å². The van der Waals surface area contributed by atoms with Gasteiger partial charge in [-0.2, -0.15) is 5.10 Å². The van der Waals surface area contributed by atoms with Gasteiger partial charge < -0.3 is 15.2 Å². The highest BCUT2D eigenvalue weighted by Crippen LogP contribution is 1.93. The summed E-state index contributed by atoms with van der Waals surface area (Å²) in [5.41, 5.74) is 11.4. The molecule has 0 aromatic heterocycles. The van der Waals surface area contributed by atoms with Gasteiger partial charge >= 0.3 is 18.1 Å². The Morgan fingerprint density at radius 1 is 1.37 bits per heavy atom. The lowest BCUT2D eigenvalue weighted by Crippen LogP contribution is -2.52. The number of urea groups is 1. The van der Waals surface area contributed by atoms with Gasteiger partial charge in [-0.05, 0) is 13.8 Å². The van der Waals surface area contributed by atoms with E-state index in [1.165, 1.54) is 6.92 Å². The van der Waals surface area contributed by atoms with Crippen LogP contribution >= 0.6 is 0 Å². The van der Waals surface area contributed by atoms with Gasteiger partial charge in [-0.25, -0.2) is 25.2 Å². The van der Waals surface area contributed by atoms with E-state index in [1.54, 1.807) is 6.92 Å². The van der Waals surface area contributed by atoms with Crippen LogP contribution in [0.15, 0.2) is 5.10 Å². The van der Waals surface area contributed by atoms with Gasteiger partial charge in [0.25, 0.3) is 0 Å². The number of carbonyl (C=O) groups excluding carboxylic acids is 3. The van der Waals surface area contributed by atoms with Crippen LogP contribution in [0.5, 0.6) is 0 Å². The number of esters is 1. The molecule has 10 nitrogen and oxygen atoms in total. The molecule has 0 aliphatic heterocycles. The van der Waals surface area contributed by atoms with Crippen LogP contribution in [0.25, 0.3) is 0 Å². The molecule has 3 amide bonds. The van der Waals surface area contributed by atoms with E-state index in [2.05, 4.69) is 20.7 Å². The molecule has 0 bridgehead atoms. The van der Waals surface area contributed by atoms with E-state index in [0.717, 1.165) is 7.11 Å². The first-order valence-electron chi connectivity index (χ1n) is 5.28. The minimum Gasteiger partial charge on any atom is -0.464 e. The topological polar surface area (TPSA) is 144 Å². The van der Waals surface area contributed by atoms with Crippen LogP contribution in [0, 0.1) is 0 Å². The number of nitrogens with two attached hydrogens (primary N) is 1. The van der Waals surface area contributed by atoms with Gasteiger partial charge in [-0.1, -0.05) is 0 Å². The molecule has 0 saturated carbocycles. The third-order valence-electron chi connectivity index (χ3n) is 1.79. The first-order valence-corrected chi connectivity index (χ1v) is 5.28. The average Bonchev–Trinajstić information content (AvgIpc) is 2.36. The largest absolute Gasteiger partial charge is 0.464 e. The molecule has 0 aliphatic rings. The summed E-state index contributed by atoms with van der Waals surface area (Å²) in [6.45, 7) is 3.20. The fourth-order valence-electron chi connectivity index (χ4n) is 0.949. The maximum Gasteiger partial charge on any atom is 0.421 e. The minimum absolute atomic E-state index is 0.133. The van der Waals surface area contributed by atoms with Gasteiger partial charge in [-0.15, -0.1) is 0 Å². The van der Waals surface area contributed by atoms with Gasteiger partial charge in [0.2, 0.25) is 0 Å². The van der Waals surface area contributed by atoms with E-state index in [4.69, 9.17) is 10.5 Å². The van der Waals surface area contributed by atoms with Gasteiger partial charge in [0.1, 0.15) is 0 Å². The summed E-state index contributed by atoms with van der Waals surface area (Å²) in [7, 11) is 1.16. The Morgan fingerprint density at radius 3 is 2.47 bits per heavy atom. The number of hydrogen-bond donors (Lipinski definition) is 4. The first kappa shape index (κ1) is 16.6. The van der Waals surface area contributed by atoms with Crippen molar-refractivity contribution in [3.05, 3.63) is 0 Å². The highest BCUT2D eigenvalue weighted by Gasteiger charge is 2.23. The summed E-state index contributed by atoms with van der Waals surface area (Å²) in [4.78, 5) is 33.0. The first-order chi connectivity index (χ1) is 8.92. The van der Waals surface area contributed by atoms with Crippen LogP contribution < -0.4 is 22.0 Å². The van der Waals surface area contributed by atoms with Crippen molar-refractivity contribution >= 4 is 23.8 Å². The maximum absolute atomic E-state index is 11.6. The van der Waals surface area contributed by atoms with Crippen molar-refractivity contribution in [2.75, 3.05) is 13.7 Å². The van der Waals surface area contributed by atoms with Gasteiger partial charge in [0.05, 0.1) is 19.4 Å². The zero-order valence-electron chi connectivity index (χ0n) is 10.9. The monoisotopic (exact) mass is 275 g/mol. The Labute approximate surface area is 109 Å². The molecule has 0 aromatic rings. The van der Waals surface area contributed by atoms with Crippen molar-refractivity contribution in [1.29, 1.82) is 0 Å². The quantitative estimate of drug-likeness (QED) is 0.273. The summed E-state index contributed by atoms with van der Waals surface area (Å²) < 4.78 is 9.10. The van der Waals surface area contributed by atoms with E-state index < -0.39 is 24.1 Å². The zero-order valence-corrected chi connectivity index (χ0v) is 10.9. The number of nitrogens with zero attached hydrogens (tertiary/aromatic N) is 1. The molecule has 0 heterocycles. The summed E-state index contributed by atoms with van der Waals surface area (Å²) >= 11 is 0. The average molecular weight is 275 g/mol. The number of primary amides is 1. The van der Waals surface area contributed by atoms with Crippen molar-refractivity contribution in [2.45, 2.75) is 19.9 Å². The third kappa shape index (κ3) is 6.83. The molecule has 0 aliphatic carbocycles. The number of ether oxygens (including phenoxy) is 2. The van der Waals surface area contributed by atoms with Crippen LogP contribution in [0.2, 0.25) is 0 Å². The number of hydrogen-bond acceptors (Lipinski definition) is 7. The summed E-state index contributed by atoms with van der Waals surface area (Å²) in [5, 5.41) is 3.57. The fraction of sp³-hybridized carbons (Fsp3) is 0.556. The Bertz CT molecular complexity index is 370. The van der Waals surface area contributed by atoms with E-state index in [9.17, 15) is 14.4 Å². The van der Waals surface area contributed by atoms with E-state index >= 15 is 0 Å². The highest BCUT2D eigenvalue weighted by atomic mass is 16.5. The Morgan fingerprint density at radius 2 is 2.00 bits per heavy atom. The van der Waals surface area contributed by atoms with Crippen LogP contribution in [-0.2, 0) is 14.3 Å². The summed E-state index contributed by atoms with van der Waals surface area (Å²) in [6, 6.07) is -1.98. The minimum atomic E-state index is -1.09. The number of methoxy groups -OCH3 is 1. The molecule has 1 atom stereocenters. The van der Waals surface area contributed by atoms with Gasteiger partial charge in [0, 0.05) is 0 Å². The number of nitrogens with one attached hydrogen (secondary N) is 3. The van der Waals surface area contributed by atoms with Crippen molar-refractivity contribution in [2.24, 2.45) is 10.8 Å². The molecule has 0 fully saturated rings. The van der Waals surface area contributed by atoms with Crippen LogP contribution in [0.1, 0.15) is 13.8 Å². The Hall–Kier alpha value is -2.36. The second-order valence-corrected chi connectivity index (χ2v) is 3.18. The standard InChI is InChI=1S/C9H17N5O5/c1-4-19-7(15)6(12-14-9(17)18-3)5(2)11-13-8(10)16/h6,12H,4H2,1-3H3,(H,14,17)(H3,10,13,16)/b11-5+. The van der Waals surface area contributed by atoms with Crippen molar-refractivity contribution < 1.29 is 23.9 Å². The van der Waals surface area contributed by atoms with E-state index in [-0.39, 0.29) is 12.3 Å². The molecule has 10 heteroatoms. The lowest BCUT2D eigenvalue weighted by atomic mass is 10.2. The molecule has 0 saturated heterocycles. The highest BCUT2D eigenvalue weighted by molar-refractivity contribution is 6.05. The van der Waals surface area contributed by atoms with E-state index in [0.29, 0.717) is 0 Å². The summed E-state index contributed by atoms with van der Waals surface area (Å²) in [6.07, 6.45) is -0.801. The molecule has 0 aromatic carbocycles. The normalized spacial score (nSPS) is 12.3. The molecule has 0 spiro atoms. The maximum atomic E-state index is 11.6. The number of hydrazone groups is 1. The lowest BCUT2D eigenvalue weighted by molar-refractivity contribution is -0.143. The van der Waals surface area contributed by atoms with Crippen LogP contribution in [0.4, 0.5) is 9.59 Å². The van der Waals surface area contributed by atoms with Gasteiger partial charge in [-0.3, -0.25) is 5.43 Å². The Kier molecular flexibility index (Phi) is 7.61. The van der Waals surface area contributed by atoms with Crippen molar-refractivity contribution in [3.8, 4) is 0 Å². The van der Waals surface area contributed by atoms with Gasteiger partial charge in [0.15, 0.2) is 6.04 Å². The summed E-state index contributed by atoms with van der Waals surface area (Å²) in [5.74, 6) is -0.688. The second-order valence-electron chi connectivity index (χ2n) is 3.18. The lowest BCUT2D eigenvalue weighted by Gasteiger charge is -2.16. The predicted octanol–water partition coefficient (Wildman–Crippen LogP) is -1.18. The number of hydrazine groups is 1. The van der Waals surface area contributed by atoms with Crippen molar-refractivity contribution in [1.82, 2.24) is 16.3 Å². The molecular weight excluding hydrogens is 258 g/mol. The molecule has 0 rings (SSSR count). The second kappa shape index (κ2) is 8.69. The third-order valence-corrected chi connectivity index (χ3v) is 1.79. The predicted molar refractivity (Wildman–Crippen MR) is 64.9 cm³/mol. The molecule has 19 heavy (non-hydrogen) atoms. The smallest absolute Gasteiger partial charge is 0.421 e. The Balaban J connectivity index is 4.74. The molecule has 1 unspecified atom stereocenters. The number of carbonyl (C=O) groups is 3. The SMILES string of the molecule is CCOC(=O)C(NNC(=O)OC)/C(C)=N/NC(N)=O. The molecular formula is C9H17N5O5. The van der Waals surface area contributed by atoms with Crippen LogP contribution in [-0.4, -0.2) is 43.6 Å². The fourth-order valence-corrected chi connectivity index (χ4v) is 0.949.